The molecule has 2 aromatic carbocycles. The lowest BCUT2D eigenvalue weighted by atomic mass is 10.1. The molecule has 7 heteroatoms. The molecule has 6 nitrogen and oxygen atoms in total. The van der Waals surface area contributed by atoms with Crippen molar-refractivity contribution in [2.24, 2.45) is 0 Å². The number of hydrogen-bond acceptors (Lipinski definition) is 4. The zero-order chi connectivity index (χ0) is 19.4. The second-order valence-corrected chi connectivity index (χ2v) is 6.84. The molecule has 0 spiro atoms. The summed E-state index contributed by atoms with van der Waals surface area (Å²) in [5, 5.41) is 22.4. The molecule has 0 aromatic heterocycles. The minimum atomic E-state index is -0.764. The van der Waals surface area contributed by atoms with E-state index in [0.717, 1.165) is 5.56 Å². The highest BCUT2D eigenvalue weighted by molar-refractivity contribution is 6.30. The van der Waals surface area contributed by atoms with Crippen LogP contribution < -0.4 is 5.32 Å². The summed E-state index contributed by atoms with van der Waals surface area (Å²) in [6.45, 7) is 0.378. The number of aliphatic hydroxyl groups is 1. The van der Waals surface area contributed by atoms with Crippen LogP contribution in [0.5, 0.6) is 0 Å². The quantitative estimate of drug-likeness (QED) is 0.845. The minimum Gasteiger partial charge on any atom is -0.391 e. The van der Waals surface area contributed by atoms with Gasteiger partial charge in [0.25, 0.3) is 5.91 Å². The number of aliphatic hydroxyl groups excluding tert-OH is 1. The van der Waals surface area contributed by atoms with E-state index < -0.39 is 12.1 Å². The van der Waals surface area contributed by atoms with Gasteiger partial charge < -0.3 is 15.3 Å². The third-order valence-corrected chi connectivity index (χ3v) is 4.71. The van der Waals surface area contributed by atoms with Gasteiger partial charge in [-0.1, -0.05) is 29.8 Å². The Hall–Kier alpha value is -2.88. The zero-order valence-electron chi connectivity index (χ0n) is 14.4. The number of hydrogen-bond donors (Lipinski definition) is 2. The fraction of sp³-hybridized carbons (Fsp3) is 0.250. The van der Waals surface area contributed by atoms with E-state index in [2.05, 4.69) is 5.32 Å². The number of benzene rings is 2. The molecule has 138 valence electrons. The monoisotopic (exact) mass is 383 g/mol. The number of carbonyl (C=O) groups is 2. The van der Waals surface area contributed by atoms with Gasteiger partial charge in [-0.3, -0.25) is 9.59 Å². The van der Waals surface area contributed by atoms with Crippen LogP contribution in [0.4, 0.5) is 0 Å². The van der Waals surface area contributed by atoms with Crippen molar-refractivity contribution < 1.29 is 14.7 Å². The van der Waals surface area contributed by atoms with Crippen LogP contribution in [0.1, 0.15) is 27.9 Å². The maximum Gasteiger partial charge on any atom is 0.254 e. The maximum atomic E-state index is 12.8. The Balaban J connectivity index is 1.71. The maximum absolute atomic E-state index is 12.8. The molecular formula is C20H18ClN3O3. The van der Waals surface area contributed by atoms with Gasteiger partial charge in [-0.15, -0.1) is 0 Å². The minimum absolute atomic E-state index is 0.0780. The molecule has 1 fully saturated rings. The van der Waals surface area contributed by atoms with Crippen molar-refractivity contribution in [3.05, 3.63) is 70.2 Å². The zero-order valence-corrected chi connectivity index (χ0v) is 15.2. The van der Waals surface area contributed by atoms with E-state index in [1.165, 1.54) is 11.0 Å². The second kappa shape index (κ2) is 8.21. The predicted octanol–water partition coefficient (Wildman–Crippen LogP) is 2.10. The summed E-state index contributed by atoms with van der Waals surface area (Å²) in [7, 11) is 0. The standard InChI is InChI=1S/C20H18ClN3O3/c21-16-6-4-13(5-7-16)11-23-19(26)18-9-17(25)12-24(18)20(27)15-3-1-2-14(8-15)10-22/h1-8,17-18,25H,9,11-12H2,(H,23,26)/t17-,18+/m1/s1. The van der Waals surface area contributed by atoms with Crippen LogP contribution in [-0.4, -0.2) is 40.5 Å². The number of rotatable bonds is 4. The van der Waals surface area contributed by atoms with E-state index in [0.29, 0.717) is 22.7 Å². The number of nitrogens with zero attached hydrogens (tertiary/aromatic N) is 2. The smallest absolute Gasteiger partial charge is 0.254 e. The van der Waals surface area contributed by atoms with E-state index in [1.54, 1.807) is 30.3 Å². The fourth-order valence-corrected chi connectivity index (χ4v) is 3.21. The van der Waals surface area contributed by atoms with Crippen LogP contribution >= 0.6 is 11.6 Å². The average Bonchev–Trinajstić information content (AvgIpc) is 3.08. The fourth-order valence-electron chi connectivity index (χ4n) is 3.08. The van der Waals surface area contributed by atoms with Gasteiger partial charge in [-0.2, -0.15) is 5.26 Å². The summed E-state index contributed by atoms with van der Waals surface area (Å²) in [6.07, 6.45) is -0.588. The van der Waals surface area contributed by atoms with Crippen molar-refractivity contribution in [3.63, 3.8) is 0 Å². The summed E-state index contributed by atoms with van der Waals surface area (Å²) >= 11 is 5.85. The van der Waals surface area contributed by atoms with Crippen molar-refractivity contribution >= 4 is 23.4 Å². The molecular weight excluding hydrogens is 366 g/mol. The lowest BCUT2D eigenvalue weighted by Crippen LogP contribution is -2.45. The molecule has 2 atom stereocenters. The Morgan fingerprint density at radius 1 is 1.26 bits per heavy atom. The van der Waals surface area contributed by atoms with Crippen LogP contribution in [0.2, 0.25) is 5.02 Å². The van der Waals surface area contributed by atoms with Crippen molar-refractivity contribution in [1.82, 2.24) is 10.2 Å². The number of β-amino-alcohol motifs (C(OH)–C–C–N with tert-alkyl or cyclic N) is 1. The van der Waals surface area contributed by atoms with Crippen molar-refractivity contribution in [1.29, 1.82) is 5.26 Å². The Bertz CT molecular complexity index is 892. The molecule has 27 heavy (non-hydrogen) atoms. The van der Waals surface area contributed by atoms with Crippen LogP contribution in [0.3, 0.4) is 0 Å². The Morgan fingerprint density at radius 2 is 2.00 bits per heavy atom. The third-order valence-electron chi connectivity index (χ3n) is 4.46. The summed E-state index contributed by atoms with van der Waals surface area (Å²) in [5.74, 6) is -0.707. The first-order chi connectivity index (χ1) is 13.0. The van der Waals surface area contributed by atoms with Crippen LogP contribution in [0.25, 0.3) is 0 Å². The molecule has 1 aliphatic rings. The van der Waals surface area contributed by atoms with Crippen molar-refractivity contribution in [2.75, 3.05) is 6.54 Å². The van der Waals surface area contributed by atoms with Gasteiger partial charge in [0.2, 0.25) is 5.91 Å². The highest BCUT2D eigenvalue weighted by Crippen LogP contribution is 2.21. The molecule has 2 amide bonds. The molecule has 0 saturated carbocycles. The predicted molar refractivity (Wildman–Crippen MR) is 99.9 cm³/mol. The third kappa shape index (κ3) is 4.45. The molecule has 1 heterocycles. The molecule has 0 unspecified atom stereocenters. The van der Waals surface area contributed by atoms with Gasteiger partial charge in [0, 0.05) is 30.1 Å². The van der Waals surface area contributed by atoms with Gasteiger partial charge in [0.15, 0.2) is 0 Å². The molecule has 1 saturated heterocycles. The van der Waals surface area contributed by atoms with E-state index in [1.807, 2.05) is 18.2 Å². The molecule has 2 aromatic rings. The molecule has 0 aliphatic carbocycles. The summed E-state index contributed by atoms with van der Waals surface area (Å²) < 4.78 is 0. The molecule has 2 N–H and O–H groups in total. The normalized spacial score (nSPS) is 18.8. The van der Waals surface area contributed by atoms with Gasteiger partial charge in [0.05, 0.1) is 17.7 Å². The lowest BCUT2D eigenvalue weighted by molar-refractivity contribution is -0.125. The van der Waals surface area contributed by atoms with E-state index in [4.69, 9.17) is 16.9 Å². The van der Waals surface area contributed by atoms with Gasteiger partial charge in [-0.05, 0) is 35.9 Å². The highest BCUT2D eigenvalue weighted by Gasteiger charge is 2.39. The topological polar surface area (TPSA) is 93.4 Å². The van der Waals surface area contributed by atoms with Crippen molar-refractivity contribution in [2.45, 2.75) is 25.1 Å². The number of likely N-dealkylation sites (tertiary alicyclic amines) is 1. The van der Waals surface area contributed by atoms with Gasteiger partial charge >= 0.3 is 0 Å². The molecule has 1 aliphatic heterocycles. The Kier molecular flexibility index (Phi) is 5.75. The molecule has 0 radical (unpaired) electrons. The first kappa shape index (κ1) is 18.9. The van der Waals surface area contributed by atoms with Gasteiger partial charge in [0.1, 0.15) is 6.04 Å². The van der Waals surface area contributed by atoms with E-state index >= 15 is 0 Å². The molecule has 0 bridgehead atoms. The summed E-state index contributed by atoms with van der Waals surface area (Å²) in [6, 6.07) is 14.6. The summed E-state index contributed by atoms with van der Waals surface area (Å²) in [4.78, 5) is 26.8. The van der Waals surface area contributed by atoms with Crippen molar-refractivity contribution in [3.8, 4) is 6.07 Å². The first-order valence-corrected chi connectivity index (χ1v) is 8.87. The SMILES string of the molecule is N#Cc1cccc(C(=O)N2C[C@H](O)C[C@H]2C(=O)NCc2ccc(Cl)cc2)c1. The van der Waals surface area contributed by atoms with Crippen LogP contribution in [-0.2, 0) is 11.3 Å². The number of halogens is 1. The Morgan fingerprint density at radius 3 is 2.70 bits per heavy atom. The van der Waals surface area contributed by atoms with Gasteiger partial charge in [-0.25, -0.2) is 0 Å². The number of nitrogens with one attached hydrogen (secondary N) is 1. The largest absolute Gasteiger partial charge is 0.391 e. The average molecular weight is 384 g/mol. The number of amides is 2. The molecule has 3 rings (SSSR count). The van der Waals surface area contributed by atoms with E-state index in [9.17, 15) is 14.7 Å². The first-order valence-electron chi connectivity index (χ1n) is 8.49. The van der Waals surface area contributed by atoms with Crippen LogP contribution in [0, 0.1) is 11.3 Å². The lowest BCUT2D eigenvalue weighted by Gasteiger charge is -2.24. The highest BCUT2D eigenvalue weighted by atomic mass is 35.5. The number of carbonyl (C=O) groups excluding carboxylic acids is 2. The second-order valence-electron chi connectivity index (χ2n) is 6.40. The summed E-state index contributed by atoms with van der Waals surface area (Å²) in [5.41, 5.74) is 1.56. The van der Waals surface area contributed by atoms with E-state index in [-0.39, 0.29) is 24.8 Å². The van der Waals surface area contributed by atoms with Crippen LogP contribution in [0.15, 0.2) is 48.5 Å². The number of nitriles is 1. The Labute approximate surface area is 162 Å².